The van der Waals surface area contributed by atoms with E-state index in [-0.39, 0.29) is 5.92 Å². The van der Waals surface area contributed by atoms with E-state index in [1.807, 2.05) is 13.8 Å². The molecule has 86 valence electrons. The van der Waals surface area contributed by atoms with Crippen LogP contribution in [0, 0.1) is 5.92 Å². The van der Waals surface area contributed by atoms with E-state index in [2.05, 4.69) is 10.6 Å². The van der Waals surface area contributed by atoms with Gasteiger partial charge in [0.1, 0.15) is 0 Å². The molecule has 1 aliphatic heterocycles. The molecule has 0 aromatic carbocycles. The normalized spacial score (nSPS) is 22.7. The Balaban J connectivity index is 3.08. The van der Waals surface area contributed by atoms with Crippen molar-refractivity contribution < 1.29 is 17.8 Å². The Labute approximate surface area is 88.5 Å². The number of carbonyl (C=O) groups is 1. The molecule has 0 radical (unpaired) electrons. The van der Waals surface area contributed by atoms with Crippen LogP contribution in [0.4, 0.5) is 0 Å². The molecule has 0 aromatic rings. The van der Waals surface area contributed by atoms with Crippen molar-refractivity contribution in [3.8, 4) is 0 Å². The minimum atomic E-state index is -4.33. The van der Waals surface area contributed by atoms with E-state index in [1.54, 1.807) is 6.92 Å². The Morgan fingerprint density at radius 3 is 2.27 bits per heavy atom. The van der Waals surface area contributed by atoms with E-state index in [9.17, 15) is 13.2 Å². The molecular weight excluding hydrogens is 220 g/mol. The van der Waals surface area contributed by atoms with Crippen LogP contribution in [0.25, 0.3) is 0 Å². The minimum Gasteiger partial charge on any atom is -0.353 e. The molecule has 1 rings (SSSR count). The van der Waals surface area contributed by atoms with Crippen molar-refractivity contribution in [3.05, 3.63) is 11.3 Å². The number of amides is 1. The molecule has 6 nitrogen and oxygen atoms in total. The summed E-state index contributed by atoms with van der Waals surface area (Å²) in [5.74, 6) is -0.500. The second kappa shape index (κ2) is 3.82. The van der Waals surface area contributed by atoms with Gasteiger partial charge in [0.2, 0.25) is 5.50 Å². The molecule has 0 saturated carbocycles. The van der Waals surface area contributed by atoms with Gasteiger partial charge in [-0.05, 0) is 12.8 Å². The van der Waals surface area contributed by atoms with Crippen LogP contribution < -0.4 is 10.6 Å². The van der Waals surface area contributed by atoms with Gasteiger partial charge in [-0.25, -0.2) is 0 Å². The van der Waals surface area contributed by atoms with E-state index >= 15 is 0 Å². The molecule has 0 fully saturated rings. The largest absolute Gasteiger partial charge is 0.353 e. The van der Waals surface area contributed by atoms with Gasteiger partial charge in [-0.2, -0.15) is 8.42 Å². The zero-order valence-electron chi connectivity index (χ0n) is 8.73. The Hall–Kier alpha value is -1.08. The average molecular weight is 234 g/mol. The first-order chi connectivity index (χ1) is 6.73. The maximum Gasteiger partial charge on any atom is 0.305 e. The Morgan fingerprint density at radius 2 is 1.87 bits per heavy atom. The summed E-state index contributed by atoms with van der Waals surface area (Å²) >= 11 is 0. The van der Waals surface area contributed by atoms with Gasteiger partial charge in [0.05, 0.1) is 0 Å². The molecule has 0 saturated heterocycles. The lowest BCUT2D eigenvalue weighted by Gasteiger charge is -2.28. The van der Waals surface area contributed by atoms with Crippen molar-refractivity contribution in [2.75, 3.05) is 0 Å². The third kappa shape index (κ3) is 2.48. The summed E-state index contributed by atoms with van der Waals surface area (Å²) in [6.07, 6.45) is 0. The highest BCUT2D eigenvalue weighted by molar-refractivity contribution is 7.86. The van der Waals surface area contributed by atoms with Gasteiger partial charge in [-0.15, -0.1) is 0 Å². The SMILES string of the molecule is CC1=C(C(C)C)NC(S(=O)(=O)O)NC1=O. The summed E-state index contributed by atoms with van der Waals surface area (Å²) in [6, 6.07) is 0. The predicted molar refractivity (Wildman–Crippen MR) is 54.2 cm³/mol. The summed E-state index contributed by atoms with van der Waals surface area (Å²) in [5, 5.41) is 4.73. The number of hydrogen-bond acceptors (Lipinski definition) is 4. The van der Waals surface area contributed by atoms with Crippen molar-refractivity contribution in [2.24, 2.45) is 5.92 Å². The molecule has 7 heteroatoms. The summed E-state index contributed by atoms with van der Waals surface area (Å²) < 4.78 is 30.5. The van der Waals surface area contributed by atoms with Gasteiger partial charge in [0.25, 0.3) is 5.91 Å². The van der Waals surface area contributed by atoms with E-state index in [1.165, 1.54) is 0 Å². The zero-order chi connectivity index (χ0) is 11.8. The van der Waals surface area contributed by atoms with Gasteiger partial charge in [-0.3, -0.25) is 9.35 Å². The molecule has 0 aromatic heterocycles. The second-order valence-corrected chi connectivity index (χ2v) is 5.21. The average Bonchev–Trinajstić information content (AvgIpc) is 2.06. The number of hydrogen-bond donors (Lipinski definition) is 3. The summed E-state index contributed by atoms with van der Waals surface area (Å²) in [6.45, 7) is 5.24. The van der Waals surface area contributed by atoms with Crippen molar-refractivity contribution in [1.82, 2.24) is 10.6 Å². The Kier molecular flexibility index (Phi) is 3.05. The first kappa shape index (κ1) is 12.0. The molecule has 0 bridgehead atoms. The number of allylic oxidation sites excluding steroid dienone is 1. The van der Waals surface area contributed by atoms with Crippen LogP contribution in [-0.4, -0.2) is 24.4 Å². The number of nitrogens with one attached hydrogen (secondary N) is 2. The van der Waals surface area contributed by atoms with Crippen LogP contribution >= 0.6 is 0 Å². The predicted octanol–water partition coefficient (Wildman–Crippen LogP) is -0.193. The van der Waals surface area contributed by atoms with Crippen molar-refractivity contribution in [3.63, 3.8) is 0 Å². The first-order valence-electron chi connectivity index (χ1n) is 4.48. The lowest BCUT2D eigenvalue weighted by Crippen LogP contribution is -2.54. The third-order valence-electron chi connectivity index (χ3n) is 2.17. The van der Waals surface area contributed by atoms with Crippen LogP contribution in [0.2, 0.25) is 0 Å². The third-order valence-corrected chi connectivity index (χ3v) is 3.00. The standard InChI is InChI=1S/C8H14N2O4S/c1-4(2)6-5(3)7(11)10-8(9-6)15(12,13)14/h4,8-9H,1-3H3,(H,10,11)(H,12,13,14). The molecule has 0 spiro atoms. The quantitative estimate of drug-likeness (QED) is 0.575. The molecular formula is C8H14N2O4S. The second-order valence-electron chi connectivity index (χ2n) is 3.71. The highest BCUT2D eigenvalue weighted by Crippen LogP contribution is 2.17. The van der Waals surface area contributed by atoms with E-state index in [0.717, 1.165) is 0 Å². The molecule has 3 N–H and O–H groups in total. The molecule has 1 aliphatic rings. The fourth-order valence-corrected chi connectivity index (χ4v) is 1.92. The number of carbonyl (C=O) groups excluding carboxylic acids is 1. The van der Waals surface area contributed by atoms with Gasteiger partial charge in [-0.1, -0.05) is 13.8 Å². The maximum absolute atomic E-state index is 11.4. The van der Waals surface area contributed by atoms with Crippen LogP contribution in [0.1, 0.15) is 20.8 Å². The van der Waals surface area contributed by atoms with E-state index in [4.69, 9.17) is 4.55 Å². The van der Waals surface area contributed by atoms with Crippen LogP contribution in [-0.2, 0) is 14.9 Å². The molecule has 15 heavy (non-hydrogen) atoms. The lowest BCUT2D eigenvalue weighted by molar-refractivity contribution is -0.118. The zero-order valence-corrected chi connectivity index (χ0v) is 9.55. The van der Waals surface area contributed by atoms with Gasteiger partial charge >= 0.3 is 10.1 Å². The summed E-state index contributed by atoms with van der Waals surface area (Å²) in [4.78, 5) is 11.4. The molecule has 1 heterocycles. The van der Waals surface area contributed by atoms with Crippen molar-refractivity contribution in [1.29, 1.82) is 0 Å². The van der Waals surface area contributed by atoms with Gasteiger partial charge in [0, 0.05) is 11.3 Å². The fourth-order valence-electron chi connectivity index (χ4n) is 1.38. The summed E-state index contributed by atoms with van der Waals surface area (Å²) in [7, 11) is -4.33. The molecule has 1 amide bonds. The minimum absolute atomic E-state index is 0.0136. The molecule has 1 atom stereocenters. The smallest absolute Gasteiger partial charge is 0.305 e. The maximum atomic E-state index is 11.4. The highest BCUT2D eigenvalue weighted by atomic mass is 32.2. The highest BCUT2D eigenvalue weighted by Gasteiger charge is 2.32. The van der Waals surface area contributed by atoms with Crippen molar-refractivity contribution in [2.45, 2.75) is 26.3 Å². The topological polar surface area (TPSA) is 95.5 Å². The number of rotatable bonds is 2. The van der Waals surface area contributed by atoms with Gasteiger partial charge < -0.3 is 10.6 Å². The Morgan fingerprint density at radius 1 is 1.33 bits per heavy atom. The van der Waals surface area contributed by atoms with Crippen LogP contribution in [0.15, 0.2) is 11.3 Å². The van der Waals surface area contributed by atoms with E-state index in [0.29, 0.717) is 11.3 Å². The fraction of sp³-hybridized carbons (Fsp3) is 0.625. The van der Waals surface area contributed by atoms with E-state index < -0.39 is 21.5 Å². The van der Waals surface area contributed by atoms with Gasteiger partial charge in [0.15, 0.2) is 0 Å². The van der Waals surface area contributed by atoms with Crippen molar-refractivity contribution >= 4 is 16.0 Å². The van der Waals surface area contributed by atoms with Crippen LogP contribution in [0.3, 0.4) is 0 Å². The monoisotopic (exact) mass is 234 g/mol. The van der Waals surface area contributed by atoms with Crippen LogP contribution in [0.5, 0.6) is 0 Å². The molecule has 0 aliphatic carbocycles. The lowest BCUT2D eigenvalue weighted by atomic mass is 10.0. The Bertz CT molecular complexity index is 410. The summed E-state index contributed by atoms with van der Waals surface area (Å²) in [5.41, 5.74) is -0.489. The first-order valence-corrected chi connectivity index (χ1v) is 5.98. The molecule has 1 unspecified atom stereocenters.